The minimum absolute atomic E-state index is 0.00704. The average Bonchev–Trinajstić information content (AvgIpc) is 3.25. The number of halogens is 3. The van der Waals surface area contributed by atoms with E-state index >= 15 is 0 Å². The van der Waals surface area contributed by atoms with Gasteiger partial charge in [0.1, 0.15) is 17.5 Å². The molecule has 2 aromatic carbocycles. The van der Waals surface area contributed by atoms with Crippen LogP contribution in [0.2, 0.25) is 0 Å². The monoisotopic (exact) mass is 428 g/mol. The molecule has 0 aliphatic heterocycles. The van der Waals surface area contributed by atoms with Crippen molar-refractivity contribution in [1.29, 1.82) is 0 Å². The zero-order valence-electron chi connectivity index (χ0n) is 16.8. The van der Waals surface area contributed by atoms with Crippen LogP contribution in [-0.4, -0.2) is 28.1 Å². The molecule has 7 heteroatoms. The lowest BCUT2D eigenvalue weighted by Crippen LogP contribution is -2.42. The van der Waals surface area contributed by atoms with Gasteiger partial charge in [-0.25, -0.2) is 13.2 Å². The molecular formula is C24H23F3N2O2. The summed E-state index contributed by atoms with van der Waals surface area (Å²) in [5.74, 6) is -1.97. The van der Waals surface area contributed by atoms with E-state index in [2.05, 4.69) is 10.3 Å². The summed E-state index contributed by atoms with van der Waals surface area (Å²) >= 11 is 0. The van der Waals surface area contributed by atoms with E-state index in [0.29, 0.717) is 42.3 Å². The smallest absolute Gasteiger partial charge is 0.223 e. The molecule has 0 unspecified atom stereocenters. The molecule has 31 heavy (non-hydrogen) atoms. The zero-order valence-corrected chi connectivity index (χ0v) is 16.8. The minimum Gasteiger partial charge on any atom is -0.393 e. The van der Waals surface area contributed by atoms with Crippen LogP contribution in [0.3, 0.4) is 0 Å². The van der Waals surface area contributed by atoms with Gasteiger partial charge in [-0.1, -0.05) is 0 Å². The van der Waals surface area contributed by atoms with Crippen LogP contribution in [0.5, 0.6) is 0 Å². The number of fused-ring (bicyclic) bond motifs is 1. The molecule has 1 aromatic heterocycles. The third kappa shape index (κ3) is 3.71. The number of rotatable bonds is 4. The lowest BCUT2D eigenvalue weighted by atomic mass is 9.69. The molecule has 2 saturated carbocycles. The molecule has 4 nitrogen and oxygen atoms in total. The van der Waals surface area contributed by atoms with Crippen LogP contribution in [0.4, 0.5) is 13.2 Å². The largest absolute Gasteiger partial charge is 0.393 e. The maximum absolute atomic E-state index is 14.5. The molecule has 162 valence electrons. The highest BCUT2D eigenvalue weighted by Gasteiger charge is 2.39. The van der Waals surface area contributed by atoms with E-state index in [-0.39, 0.29) is 41.2 Å². The van der Waals surface area contributed by atoms with Crippen LogP contribution in [0.25, 0.3) is 22.2 Å². The summed E-state index contributed by atoms with van der Waals surface area (Å²) in [5, 5.41) is 13.1. The van der Waals surface area contributed by atoms with Crippen molar-refractivity contribution in [3.63, 3.8) is 0 Å². The first-order valence-electron chi connectivity index (χ1n) is 10.6. The van der Waals surface area contributed by atoms with Gasteiger partial charge in [0, 0.05) is 23.4 Å². The summed E-state index contributed by atoms with van der Waals surface area (Å²) in [5.41, 5.74) is 2.28. The van der Waals surface area contributed by atoms with Crippen molar-refractivity contribution < 1.29 is 23.1 Å². The fraction of sp³-hybridized carbons (Fsp3) is 0.375. The number of aliphatic hydroxyl groups is 1. The van der Waals surface area contributed by atoms with E-state index < -0.39 is 11.6 Å². The molecular weight excluding hydrogens is 405 g/mol. The Morgan fingerprint density at radius 2 is 1.74 bits per heavy atom. The Balaban J connectivity index is 1.43. The zero-order chi connectivity index (χ0) is 21.7. The average molecular weight is 428 g/mol. The quantitative estimate of drug-likeness (QED) is 0.560. The number of carbonyl (C=O) groups excluding carboxylic acids is 1. The lowest BCUT2D eigenvalue weighted by molar-refractivity contribution is -0.128. The topological polar surface area (TPSA) is 65.1 Å². The number of benzene rings is 2. The van der Waals surface area contributed by atoms with Crippen molar-refractivity contribution in [2.24, 2.45) is 5.92 Å². The second-order valence-corrected chi connectivity index (χ2v) is 8.77. The Bertz CT molecular complexity index is 1140. The first-order valence-corrected chi connectivity index (χ1v) is 10.6. The van der Waals surface area contributed by atoms with Crippen LogP contribution in [0, 0.1) is 23.4 Å². The second kappa shape index (κ2) is 7.71. The summed E-state index contributed by atoms with van der Waals surface area (Å²) in [7, 11) is 0. The Morgan fingerprint density at radius 1 is 1.00 bits per heavy atom. The van der Waals surface area contributed by atoms with E-state index in [4.69, 9.17) is 0 Å². The molecule has 0 bridgehead atoms. The number of aliphatic hydroxyl groups excluding tert-OH is 1. The van der Waals surface area contributed by atoms with Crippen LogP contribution in [-0.2, 0) is 4.79 Å². The number of aromatic amines is 1. The molecule has 1 amide bonds. The van der Waals surface area contributed by atoms with E-state index in [9.17, 15) is 23.1 Å². The van der Waals surface area contributed by atoms with Crippen molar-refractivity contribution in [2.45, 2.75) is 50.2 Å². The van der Waals surface area contributed by atoms with Gasteiger partial charge in [-0.2, -0.15) is 0 Å². The highest BCUT2D eigenvalue weighted by Crippen LogP contribution is 2.48. The van der Waals surface area contributed by atoms with E-state index in [1.54, 1.807) is 12.1 Å². The van der Waals surface area contributed by atoms with Gasteiger partial charge in [-0.05, 0) is 79.5 Å². The lowest BCUT2D eigenvalue weighted by Gasteiger charge is -2.35. The van der Waals surface area contributed by atoms with Gasteiger partial charge in [-0.3, -0.25) is 4.79 Å². The summed E-state index contributed by atoms with van der Waals surface area (Å²) in [6.45, 7) is 0. The third-order valence-electron chi connectivity index (χ3n) is 6.67. The summed E-state index contributed by atoms with van der Waals surface area (Å²) in [4.78, 5) is 15.7. The molecule has 0 spiro atoms. The van der Waals surface area contributed by atoms with Crippen molar-refractivity contribution in [3.05, 3.63) is 59.4 Å². The van der Waals surface area contributed by atoms with Gasteiger partial charge in [0.25, 0.3) is 0 Å². The minimum atomic E-state index is -0.682. The number of hydrogen-bond donors (Lipinski definition) is 3. The number of amides is 1. The van der Waals surface area contributed by atoms with Crippen molar-refractivity contribution >= 4 is 16.8 Å². The predicted octanol–water partition coefficient (Wildman–Crippen LogP) is 4.78. The van der Waals surface area contributed by atoms with Gasteiger partial charge in [0.05, 0.1) is 17.3 Å². The SMILES string of the molecule is O=C(N[C@H]1CC[C@H](O)C1)C1CC(c2c(-c3ccc(F)cc3)[nH]c3c(F)cc(F)cc23)C1. The van der Waals surface area contributed by atoms with Crippen molar-refractivity contribution in [3.8, 4) is 11.3 Å². The van der Waals surface area contributed by atoms with E-state index in [0.717, 1.165) is 18.1 Å². The number of aromatic nitrogens is 1. The van der Waals surface area contributed by atoms with Crippen LogP contribution >= 0.6 is 0 Å². The molecule has 0 saturated heterocycles. The van der Waals surface area contributed by atoms with Crippen LogP contribution in [0.15, 0.2) is 36.4 Å². The maximum Gasteiger partial charge on any atom is 0.223 e. The normalized spacial score (nSPS) is 25.5. The molecule has 2 atom stereocenters. The third-order valence-corrected chi connectivity index (χ3v) is 6.67. The Morgan fingerprint density at radius 3 is 2.42 bits per heavy atom. The molecule has 0 radical (unpaired) electrons. The van der Waals surface area contributed by atoms with Crippen molar-refractivity contribution in [1.82, 2.24) is 10.3 Å². The number of hydrogen-bond acceptors (Lipinski definition) is 2. The molecule has 2 aliphatic carbocycles. The fourth-order valence-corrected chi connectivity index (χ4v) is 4.98. The first kappa shape index (κ1) is 20.1. The standard InChI is InChI=1S/C24H23F3N2O2/c25-15-3-1-12(2-4-15)22-21(19-9-16(26)10-20(27)23(19)29-22)13-7-14(8-13)24(31)28-17-5-6-18(30)11-17/h1-4,9-10,13-14,17-18,29-30H,5-8,11H2,(H,28,31)/t13?,14?,17-,18-/m0/s1. The van der Waals surface area contributed by atoms with E-state index in [1.165, 1.54) is 18.2 Å². The predicted molar refractivity (Wildman–Crippen MR) is 111 cm³/mol. The first-order chi connectivity index (χ1) is 14.9. The van der Waals surface area contributed by atoms with Crippen molar-refractivity contribution in [2.75, 3.05) is 0 Å². The van der Waals surface area contributed by atoms with Crippen LogP contribution in [0.1, 0.15) is 43.6 Å². The molecule has 2 fully saturated rings. The van der Waals surface area contributed by atoms with E-state index in [1.807, 2.05) is 0 Å². The number of nitrogens with one attached hydrogen (secondary N) is 2. The Labute approximate surface area is 177 Å². The highest BCUT2D eigenvalue weighted by atomic mass is 19.1. The molecule has 5 rings (SSSR count). The maximum atomic E-state index is 14.5. The van der Waals surface area contributed by atoms with Gasteiger partial charge in [0.2, 0.25) is 5.91 Å². The number of H-pyrrole nitrogens is 1. The molecule has 3 N–H and O–H groups in total. The summed E-state index contributed by atoms with van der Waals surface area (Å²) in [6, 6.07) is 8.02. The van der Waals surface area contributed by atoms with Gasteiger partial charge >= 0.3 is 0 Å². The number of carbonyl (C=O) groups is 1. The van der Waals surface area contributed by atoms with Gasteiger partial charge < -0.3 is 15.4 Å². The van der Waals surface area contributed by atoms with Crippen LogP contribution < -0.4 is 5.32 Å². The fourth-order valence-electron chi connectivity index (χ4n) is 4.98. The summed E-state index contributed by atoms with van der Waals surface area (Å²) < 4.78 is 41.9. The summed E-state index contributed by atoms with van der Waals surface area (Å²) in [6.07, 6.45) is 2.84. The molecule has 1 heterocycles. The van der Waals surface area contributed by atoms with Gasteiger partial charge in [0.15, 0.2) is 0 Å². The second-order valence-electron chi connectivity index (χ2n) is 8.77. The van der Waals surface area contributed by atoms with Gasteiger partial charge in [-0.15, -0.1) is 0 Å². The molecule has 3 aromatic rings. The molecule has 2 aliphatic rings. The Hall–Kier alpha value is -2.80. The highest BCUT2D eigenvalue weighted by molar-refractivity contribution is 5.92. The Kier molecular flexibility index (Phi) is 5.01.